The molecule has 0 radical (unpaired) electrons. The number of hydrogen-bond acceptors (Lipinski definition) is 5. The van der Waals surface area contributed by atoms with E-state index in [0.717, 1.165) is 23.4 Å². The highest BCUT2D eigenvalue weighted by atomic mass is 16.6. The van der Waals surface area contributed by atoms with Crippen LogP contribution in [0.3, 0.4) is 0 Å². The molecule has 0 bridgehead atoms. The molecule has 0 N–H and O–H groups in total. The number of amides is 1. The molecular weight excluding hydrogens is 384 g/mol. The van der Waals surface area contributed by atoms with E-state index in [0.29, 0.717) is 12.1 Å². The number of ether oxygens (including phenoxy) is 1. The Labute approximate surface area is 174 Å². The van der Waals surface area contributed by atoms with Crippen LogP contribution in [0.25, 0.3) is 0 Å². The first-order chi connectivity index (χ1) is 14.4. The van der Waals surface area contributed by atoms with E-state index in [1.165, 1.54) is 6.07 Å². The van der Waals surface area contributed by atoms with Crippen molar-refractivity contribution in [3.8, 4) is 5.75 Å². The van der Waals surface area contributed by atoms with Gasteiger partial charge in [-0.3, -0.25) is 19.6 Å². The van der Waals surface area contributed by atoms with Gasteiger partial charge in [0.2, 0.25) is 0 Å². The molecule has 1 aromatic heterocycles. The van der Waals surface area contributed by atoms with E-state index in [1.807, 2.05) is 23.7 Å². The molecule has 0 aliphatic carbocycles. The molecule has 3 aromatic rings. The molecule has 0 aliphatic rings. The monoisotopic (exact) mass is 408 g/mol. The Morgan fingerprint density at radius 1 is 1.23 bits per heavy atom. The van der Waals surface area contributed by atoms with Crippen LogP contribution in [0.5, 0.6) is 5.75 Å². The number of aromatic nitrogens is 2. The van der Waals surface area contributed by atoms with Crippen molar-refractivity contribution in [3.05, 3.63) is 87.2 Å². The van der Waals surface area contributed by atoms with Crippen LogP contribution in [0.1, 0.15) is 34.1 Å². The first-order valence-corrected chi connectivity index (χ1v) is 9.62. The van der Waals surface area contributed by atoms with Gasteiger partial charge in [-0.1, -0.05) is 18.2 Å². The third-order valence-electron chi connectivity index (χ3n) is 4.73. The molecule has 156 valence electrons. The van der Waals surface area contributed by atoms with Gasteiger partial charge in [-0.25, -0.2) is 0 Å². The second kappa shape index (κ2) is 9.21. The summed E-state index contributed by atoms with van der Waals surface area (Å²) >= 11 is 0. The van der Waals surface area contributed by atoms with Gasteiger partial charge in [-0.2, -0.15) is 5.10 Å². The fourth-order valence-corrected chi connectivity index (χ4v) is 3.16. The number of nitro benzene ring substituents is 1. The van der Waals surface area contributed by atoms with Crippen molar-refractivity contribution in [2.24, 2.45) is 0 Å². The second-order valence-electron chi connectivity index (χ2n) is 7.02. The second-order valence-corrected chi connectivity index (χ2v) is 7.02. The molecule has 8 nitrogen and oxygen atoms in total. The van der Waals surface area contributed by atoms with Gasteiger partial charge in [0, 0.05) is 31.4 Å². The fourth-order valence-electron chi connectivity index (χ4n) is 3.16. The minimum Gasteiger partial charge on any atom is -0.482 e. The van der Waals surface area contributed by atoms with E-state index in [2.05, 4.69) is 5.10 Å². The van der Waals surface area contributed by atoms with E-state index in [1.54, 1.807) is 55.4 Å². The topological polar surface area (TPSA) is 90.5 Å². The van der Waals surface area contributed by atoms with Crippen LogP contribution in [-0.2, 0) is 19.7 Å². The van der Waals surface area contributed by atoms with Crippen LogP contribution in [0, 0.1) is 17.0 Å². The van der Waals surface area contributed by atoms with Gasteiger partial charge < -0.3 is 9.64 Å². The van der Waals surface area contributed by atoms with Crippen LogP contribution in [0.4, 0.5) is 5.69 Å². The molecular formula is C22H24N4O4. The summed E-state index contributed by atoms with van der Waals surface area (Å²) in [5, 5.41) is 15.5. The quantitative estimate of drug-likeness (QED) is 0.415. The Hall–Kier alpha value is -3.68. The number of benzene rings is 2. The number of aryl methyl sites for hydroxylation is 2. The van der Waals surface area contributed by atoms with Crippen LogP contribution in [0.15, 0.2) is 54.7 Å². The summed E-state index contributed by atoms with van der Waals surface area (Å²) in [6.45, 7) is 5.10. The zero-order valence-corrected chi connectivity index (χ0v) is 17.2. The number of nitrogens with zero attached hydrogens (tertiary/aromatic N) is 4. The minimum absolute atomic E-state index is 0.0745. The Morgan fingerprint density at radius 2 is 2.03 bits per heavy atom. The van der Waals surface area contributed by atoms with Crippen molar-refractivity contribution >= 4 is 11.6 Å². The van der Waals surface area contributed by atoms with E-state index in [9.17, 15) is 14.9 Å². The molecule has 0 spiro atoms. The zero-order chi connectivity index (χ0) is 21.7. The molecule has 0 saturated carbocycles. The summed E-state index contributed by atoms with van der Waals surface area (Å²) in [5.74, 6) is 0.0781. The molecule has 2 aromatic carbocycles. The number of nitro groups is 1. The molecule has 0 aliphatic heterocycles. The van der Waals surface area contributed by atoms with Crippen molar-refractivity contribution < 1.29 is 14.5 Å². The number of carbonyl (C=O) groups is 1. The number of carbonyl (C=O) groups excluding carboxylic acids is 1. The lowest BCUT2D eigenvalue weighted by Crippen LogP contribution is -2.27. The third-order valence-corrected chi connectivity index (χ3v) is 4.73. The van der Waals surface area contributed by atoms with E-state index >= 15 is 0 Å². The molecule has 0 atom stereocenters. The summed E-state index contributed by atoms with van der Waals surface area (Å²) in [6.07, 6.45) is 1.72. The Balaban J connectivity index is 1.70. The summed E-state index contributed by atoms with van der Waals surface area (Å²) in [5.41, 5.74) is 2.95. The molecule has 0 unspecified atom stereocenters. The average molecular weight is 408 g/mol. The van der Waals surface area contributed by atoms with Crippen molar-refractivity contribution in [1.82, 2.24) is 14.7 Å². The molecule has 1 heterocycles. The standard InChI is InChI=1S/C22H24N4O4/c1-4-25-19(10-11-23-25)14-24(3)22(27)18-7-5-6-17(13-18)15-30-21-9-8-16(2)12-20(21)26(28)29/h5-13H,4,14-15H2,1-3H3. The van der Waals surface area contributed by atoms with Gasteiger partial charge in [0.1, 0.15) is 6.61 Å². The molecule has 30 heavy (non-hydrogen) atoms. The van der Waals surface area contributed by atoms with Gasteiger partial charge in [0.25, 0.3) is 5.91 Å². The highest BCUT2D eigenvalue weighted by Crippen LogP contribution is 2.28. The molecule has 8 heteroatoms. The summed E-state index contributed by atoms with van der Waals surface area (Å²) < 4.78 is 7.52. The average Bonchev–Trinajstić information content (AvgIpc) is 3.19. The largest absolute Gasteiger partial charge is 0.482 e. The highest BCUT2D eigenvalue weighted by molar-refractivity contribution is 5.94. The van der Waals surface area contributed by atoms with Gasteiger partial charge in [0.05, 0.1) is 17.2 Å². The van der Waals surface area contributed by atoms with E-state index in [-0.39, 0.29) is 24.0 Å². The smallest absolute Gasteiger partial charge is 0.311 e. The first-order valence-electron chi connectivity index (χ1n) is 9.62. The number of hydrogen-bond donors (Lipinski definition) is 0. The molecule has 1 amide bonds. The normalized spacial score (nSPS) is 10.6. The van der Waals surface area contributed by atoms with Gasteiger partial charge in [-0.15, -0.1) is 0 Å². The summed E-state index contributed by atoms with van der Waals surface area (Å²) in [7, 11) is 1.74. The van der Waals surface area contributed by atoms with Gasteiger partial charge in [-0.05, 0) is 49.2 Å². The minimum atomic E-state index is -0.460. The lowest BCUT2D eigenvalue weighted by molar-refractivity contribution is -0.386. The first kappa shape index (κ1) is 21.0. The number of rotatable bonds is 8. The maximum atomic E-state index is 12.8. The van der Waals surface area contributed by atoms with Crippen molar-refractivity contribution in [3.63, 3.8) is 0 Å². The van der Waals surface area contributed by atoms with Crippen molar-refractivity contribution in [1.29, 1.82) is 0 Å². The summed E-state index contributed by atoms with van der Waals surface area (Å²) in [6, 6.07) is 13.8. The lowest BCUT2D eigenvalue weighted by atomic mass is 10.1. The van der Waals surface area contributed by atoms with Gasteiger partial charge >= 0.3 is 5.69 Å². The molecule has 0 fully saturated rings. The van der Waals surface area contributed by atoms with E-state index in [4.69, 9.17) is 4.74 Å². The Kier molecular flexibility index (Phi) is 6.46. The maximum absolute atomic E-state index is 12.8. The van der Waals surface area contributed by atoms with Crippen LogP contribution in [-0.4, -0.2) is 32.6 Å². The van der Waals surface area contributed by atoms with E-state index < -0.39 is 4.92 Å². The Bertz CT molecular complexity index is 1060. The van der Waals surface area contributed by atoms with Crippen molar-refractivity contribution in [2.45, 2.75) is 33.5 Å². The molecule has 0 saturated heterocycles. The molecule has 3 rings (SSSR count). The van der Waals surface area contributed by atoms with Gasteiger partial charge in [0.15, 0.2) is 5.75 Å². The zero-order valence-electron chi connectivity index (χ0n) is 17.2. The highest BCUT2D eigenvalue weighted by Gasteiger charge is 2.17. The van der Waals surface area contributed by atoms with Crippen LogP contribution in [0.2, 0.25) is 0 Å². The van der Waals surface area contributed by atoms with Crippen LogP contribution >= 0.6 is 0 Å². The summed E-state index contributed by atoms with van der Waals surface area (Å²) in [4.78, 5) is 25.3. The Morgan fingerprint density at radius 3 is 2.77 bits per heavy atom. The maximum Gasteiger partial charge on any atom is 0.311 e. The van der Waals surface area contributed by atoms with Crippen molar-refractivity contribution in [2.75, 3.05) is 7.05 Å². The lowest BCUT2D eigenvalue weighted by Gasteiger charge is -2.18. The SMILES string of the molecule is CCn1nccc1CN(C)C(=O)c1cccc(COc2ccc(C)cc2[N+](=O)[O-])c1. The predicted octanol–water partition coefficient (Wildman–Crippen LogP) is 3.97. The third kappa shape index (κ3) is 4.83. The predicted molar refractivity (Wildman–Crippen MR) is 112 cm³/mol. The fraction of sp³-hybridized carbons (Fsp3) is 0.273. The van der Waals surface area contributed by atoms with Crippen LogP contribution < -0.4 is 4.74 Å².